The maximum absolute atomic E-state index is 14.0. The Hall–Kier alpha value is -3.98. The molecule has 3 aliphatic rings. The Bertz CT molecular complexity index is 1560. The summed E-state index contributed by atoms with van der Waals surface area (Å²) in [6, 6.07) is 14.3. The van der Waals surface area contributed by atoms with Gasteiger partial charge in [-0.1, -0.05) is 61.4 Å². The van der Waals surface area contributed by atoms with Gasteiger partial charge in [-0.2, -0.15) is 0 Å². The highest BCUT2D eigenvalue weighted by Crippen LogP contribution is 2.42. The first kappa shape index (κ1) is 29.1. The van der Waals surface area contributed by atoms with Crippen molar-refractivity contribution in [3.8, 4) is 5.88 Å². The third-order valence-corrected chi connectivity index (χ3v) is 9.24. The zero-order chi connectivity index (χ0) is 30.0. The van der Waals surface area contributed by atoms with Gasteiger partial charge in [0.15, 0.2) is 0 Å². The Morgan fingerprint density at radius 1 is 1.05 bits per heavy atom. The van der Waals surface area contributed by atoms with Crippen molar-refractivity contribution in [2.75, 3.05) is 13.2 Å². The van der Waals surface area contributed by atoms with Crippen LogP contribution in [0.25, 0.3) is 21.7 Å². The first-order valence-corrected chi connectivity index (χ1v) is 15.6. The van der Waals surface area contributed by atoms with Crippen LogP contribution >= 0.6 is 0 Å². The molecule has 9 nitrogen and oxygen atoms in total. The molecule has 3 heterocycles. The number of para-hydroxylation sites is 1. The molecule has 2 fully saturated rings. The molecule has 0 bridgehead atoms. The van der Waals surface area contributed by atoms with Crippen molar-refractivity contribution < 1.29 is 23.9 Å². The molecule has 2 aromatic carbocycles. The SMILES string of the molecule is CCOC(=O)[C@@]12CCC1/C=C\CCCCC[C@H](N)C(=O)N1C[C@H](Oc3nc4ccccc4c4ccccc34)C[C@H]1C(=O)N2. The number of nitrogens with zero attached hydrogens (tertiary/aromatic N) is 2. The number of nitrogens with two attached hydrogens (primary N) is 1. The molecule has 2 aliphatic heterocycles. The molecule has 2 amide bonds. The van der Waals surface area contributed by atoms with Crippen molar-refractivity contribution in [2.24, 2.45) is 11.7 Å². The number of ether oxygens (including phenoxy) is 2. The van der Waals surface area contributed by atoms with E-state index in [1.807, 2.05) is 54.6 Å². The molecule has 1 saturated carbocycles. The molecule has 226 valence electrons. The average Bonchev–Trinajstić information content (AvgIpc) is 3.43. The summed E-state index contributed by atoms with van der Waals surface area (Å²) in [5, 5.41) is 5.97. The van der Waals surface area contributed by atoms with Crippen LogP contribution in [0.1, 0.15) is 58.3 Å². The van der Waals surface area contributed by atoms with Crippen LogP contribution in [0.15, 0.2) is 60.7 Å². The molecular weight excluding hydrogens is 544 g/mol. The van der Waals surface area contributed by atoms with Crippen molar-refractivity contribution >= 4 is 39.5 Å². The summed E-state index contributed by atoms with van der Waals surface area (Å²) in [6.45, 7) is 2.18. The predicted octanol–water partition coefficient (Wildman–Crippen LogP) is 4.41. The maximum atomic E-state index is 14.0. The molecule has 9 heteroatoms. The van der Waals surface area contributed by atoms with Gasteiger partial charge in [0.05, 0.1) is 24.7 Å². The first-order valence-electron chi connectivity index (χ1n) is 15.6. The lowest BCUT2D eigenvalue weighted by Gasteiger charge is -2.47. The Balaban J connectivity index is 1.32. The maximum Gasteiger partial charge on any atom is 0.332 e. The quantitative estimate of drug-likeness (QED) is 0.264. The molecule has 1 aromatic heterocycles. The van der Waals surface area contributed by atoms with E-state index in [2.05, 4.69) is 11.4 Å². The normalized spacial score (nSPS) is 29.0. The molecule has 0 radical (unpaired) electrons. The van der Waals surface area contributed by atoms with E-state index in [1.54, 1.807) is 11.8 Å². The summed E-state index contributed by atoms with van der Waals surface area (Å²) >= 11 is 0. The van der Waals surface area contributed by atoms with Gasteiger partial charge in [0.25, 0.3) is 0 Å². The van der Waals surface area contributed by atoms with Gasteiger partial charge in [-0.15, -0.1) is 0 Å². The van der Waals surface area contributed by atoms with Gasteiger partial charge < -0.3 is 25.4 Å². The van der Waals surface area contributed by atoms with Gasteiger partial charge in [0, 0.05) is 23.1 Å². The minimum absolute atomic E-state index is 0.159. The lowest BCUT2D eigenvalue weighted by molar-refractivity contribution is -0.161. The van der Waals surface area contributed by atoms with Crippen LogP contribution < -0.4 is 15.8 Å². The number of rotatable bonds is 4. The smallest absolute Gasteiger partial charge is 0.332 e. The topological polar surface area (TPSA) is 124 Å². The molecule has 1 saturated heterocycles. The van der Waals surface area contributed by atoms with Crippen LogP contribution in [0.3, 0.4) is 0 Å². The first-order chi connectivity index (χ1) is 20.9. The molecule has 0 spiro atoms. The molecular formula is C34H40N4O5. The number of pyridine rings is 1. The van der Waals surface area contributed by atoms with Gasteiger partial charge in [0.1, 0.15) is 17.7 Å². The third kappa shape index (κ3) is 5.58. The summed E-state index contributed by atoms with van der Waals surface area (Å²) in [7, 11) is 0. The molecule has 1 unspecified atom stereocenters. The lowest BCUT2D eigenvalue weighted by atomic mass is 9.66. The lowest BCUT2D eigenvalue weighted by Crippen LogP contribution is -2.67. The van der Waals surface area contributed by atoms with E-state index in [0.29, 0.717) is 18.7 Å². The van der Waals surface area contributed by atoms with Crippen LogP contribution in [-0.2, 0) is 19.1 Å². The van der Waals surface area contributed by atoms with Crippen LogP contribution in [0.2, 0.25) is 0 Å². The molecule has 6 rings (SSSR count). The third-order valence-electron chi connectivity index (χ3n) is 9.24. The van der Waals surface area contributed by atoms with E-state index in [1.165, 1.54) is 0 Å². The number of hydrogen-bond acceptors (Lipinski definition) is 7. The standard InChI is InChI=1S/C34H40N4O5/c1-2-42-33(41)34-19-18-22(34)12-6-4-3-5-7-16-27(35)32(40)38-21-23(20-29(38)30(39)37-34)43-31-26-15-9-8-13-24(26)25-14-10-11-17-28(25)36-31/h6,8-15,17,22-23,27,29H,2-5,7,16,18-21,35H2,1H3,(H,37,39)/b12-6-/t22?,23-,27+,29+,34-/m1/s1. The fourth-order valence-corrected chi connectivity index (χ4v) is 6.78. The Morgan fingerprint density at radius 3 is 2.58 bits per heavy atom. The number of aromatic nitrogens is 1. The van der Waals surface area contributed by atoms with Gasteiger partial charge in [0.2, 0.25) is 17.7 Å². The van der Waals surface area contributed by atoms with Crippen molar-refractivity contribution in [1.29, 1.82) is 0 Å². The highest BCUT2D eigenvalue weighted by Gasteiger charge is 2.55. The van der Waals surface area contributed by atoms with E-state index in [4.69, 9.17) is 20.2 Å². The van der Waals surface area contributed by atoms with Gasteiger partial charge in [-0.3, -0.25) is 9.59 Å². The number of nitrogens with one attached hydrogen (secondary N) is 1. The van der Waals surface area contributed by atoms with Crippen molar-refractivity contribution in [1.82, 2.24) is 15.2 Å². The molecule has 3 N–H and O–H groups in total. The minimum Gasteiger partial charge on any atom is -0.472 e. The fourth-order valence-electron chi connectivity index (χ4n) is 6.78. The van der Waals surface area contributed by atoms with E-state index >= 15 is 0 Å². The number of benzene rings is 2. The average molecular weight is 585 g/mol. The minimum atomic E-state index is -1.14. The van der Waals surface area contributed by atoms with E-state index in [0.717, 1.165) is 53.8 Å². The number of allylic oxidation sites excluding steroid dienone is 1. The summed E-state index contributed by atoms with van der Waals surface area (Å²) in [4.78, 5) is 47.4. The van der Waals surface area contributed by atoms with Crippen LogP contribution in [0, 0.1) is 5.92 Å². The largest absolute Gasteiger partial charge is 0.472 e. The van der Waals surface area contributed by atoms with Gasteiger partial charge in [-0.25, -0.2) is 9.78 Å². The molecule has 43 heavy (non-hydrogen) atoms. The summed E-state index contributed by atoms with van der Waals surface area (Å²) in [6.07, 6.45) is 9.35. The van der Waals surface area contributed by atoms with Crippen LogP contribution in [-0.4, -0.2) is 64.5 Å². The zero-order valence-corrected chi connectivity index (χ0v) is 24.7. The molecule has 3 aromatic rings. The monoisotopic (exact) mass is 584 g/mol. The summed E-state index contributed by atoms with van der Waals surface area (Å²) in [5.74, 6) is -0.782. The second-order valence-electron chi connectivity index (χ2n) is 12.0. The number of fused-ring (bicyclic) bond motifs is 5. The highest BCUT2D eigenvalue weighted by atomic mass is 16.5. The zero-order valence-electron chi connectivity index (χ0n) is 24.7. The second-order valence-corrected chi connectivity index (χ2v) is 12.0. The number of amides is 2. The van der Waals surface area contributed by atoms with E-state index in [-0.39, 0.29) is 37.3 Å². The van der Waals surface area contributed by atoms with E-state index in [9.17, 15) is 14.4 Å². The fraction of sp³-hybridized carbons (Fsp3) is 0.471. The summed E-state index contributed by atoms with van der Waals surface area (Å²) < 4.78 is 12.0. The second kappa shape index (κ2) is 12.3. The Labute approximate surface area is 251 Å². The van der Waals surface area contributed by atoms with Gasteiger partial charge >= 0.3 is 5.97 Å². The van der Waals surface area contributed by atoms with Crippen LogP contribution in [0.4, 0.5) is 0 Å². The molecule has 5 atom stereocenters. The van der Waals surface area contributed by atoms with Crippen molar-refractivity contribution in [3.63, 3.8) is 0 Å². The number of hydrogen-bond donors (Lipinski definition) is 2. The number of esters is 1. The molecule has 1 aliphatic carbocycles. The van der Waals surface area contributed by atoms with Crippen LogP contribution in [0.5, 0.6) is 5.88 Å². The van der Waals surface area contributed by atoms with Crippen molar-refractivity contribution in [3.05, 3.63) is 60.7 Å². The number of carbonyl (C=O) groups excluding carboxylic acids is 3. The van der Waals surface area contributed by atoms with Gasteiger partial charge in [-0.05, 0) is 56.5 Å². The van der Waals surface area contributed by atoms with E-state index < -0.39 is 29.7 Å². The number of carbonyl (C=O) groups is 3. The van der Waals surface area contributed by atoms with Crippen molar-refractivity contribution in [2.45, 2.75) is 82.0 Å². The highest BCUT2D eigenvalue weighted by molar-refractivity contribution is 6.07. The Morgan fingerprint density at radius 2 is 1.81 bits per heavy atom. The predicted molar refractivity (Wildman–Crippen MR) is 164 cm³/mol. The summed E-state index contributed by atoms with van der Waals surface area (Å²) in [5.41, 5.74) is 6.07. The Kier molecular flexibility index (Phi) is 8.34.